The van der Waals surface area contributed by atoms with E-state index in [0.717, 1.165) is 15.6 Å². The van der Waals surface area contributed by atoms with E-state index in [9.17, 15) is 0 Å². The number of benzene rings is 1. The molecule has 0 aliphatic heterocycles. The third-order valence-corrected chi connectivity index (χ3v) is 2.87. The molecule has 0 unspecified atom stereocenters. The van der Waals surface area contributed by atoms with Crippen molar-refractivity contribution >= 4 is 21.6 Å². The number of hydrogen-bond donors (Lipinski definition) is 0. The maximum Gasteiger partial charge on any atom is 1.00 e. The van der Waals surface area contributed by atoms with Gasteiger partial charge in [0.05, 0.1) is 0 Å². The van der Waals surface area contributed by atoms with E-state index < -0.39 is 0 Å². The van der Waals surface area contributed by atoms with Crippen LogP contribution in [0.1, 0.15) is 50.7 Å². The van der Waals surface area contributed by atoms with E-state index in [1.807, 2.05) is 0 Å². The summed E-state index contributed by atoms with van der Waals surface area (Å²) in [6.45, 7) is 8.52. The average Bonchev–Trinajstić information content (AvgIpc) is 2.07. The molecule has 15 heavy (non-hydrogen) atoms. The maximum absolute atomic E-state index is 8.08. The number of nitrogens with one attached hydrogen (secondary N) is 1. The smallest absolute Gasteiger partial charge is 0.698 e. The average molecular weight is 262 g/mol. The fourth-order valence-corrected chi connectivity index (χ4v) is 2.05. The second-order valence-corrected chi connectivity index (χ2v) is 5.18. The van der Waals surface area contributed by atoms with Gasteiger partial charge in [-0.05, 0) is 24.0 Å². The van der Waals surface area contributed by atoms with E-state index in [4.69, 9.17) is 5.73 Å². The third kappa shape index (κ3) is 3.55. The van der Waals surface area contributed by atoms with Crippen LogP contribution in [-0.2, 0) is 0 Å². The summed E-state index contributed by atoms with van der Waals surface area (Å²) in [6, 6.07) is 4.11. The molecule has 0 aromatic heterocycles. The van der Waals surface area contributed by atoms with Crippen LogP contribution < -0.4 is 18.9 Å². The Morgan fingerprint density at radius 3 is 1.60 bits per heavy atom. The summed E-state index contributed by atoms with van der Waals surface area (Å²) in [7, 11) is 0. The Bertz CT molecular complexity index is 305. The molecule has 0 heterocycles. The van der Waals surface area contributed by atoms with E-state index in [1.54, 1.807) is 0 Å². The molecule has 1 aromatic carbocycles. The molecule has 1 rings (SSSR count). The van der Waals surface area contributed by atoms with E-state index >= 15 is 0 Å². The first-order valence-corrected chi connectivity index (χ1v) is 5.77. The first-order chi connectivity index (χ1) is 6.43. The van der Waals surface area contributed by atoms with Crippen molar-refractivity contribution in [3.63, 3.8) is 0 Å². The first-order valence-electron chi connectivity index (χ1n) is 4.98. The summed E-state index contributed by atoms with van der Waals surface area (Å²) in [5, 5.41) is 0. The number of hydrogen-bond acceptors (Lipinski definition) is 0. The molecule has 0 aliphatic carbocycles. The normalized spacial score (nSPS) is 10.6. The van der Waals surface area contributed by atoms with Gasteiger partial charge in [0.1, 0.15) is 0 Å². The molecule has 3 heteroatoms. The molecule has 0 amide bonds. The van der Waals surface area contributed by atoms with Gasteiger partial charge in [0, 0.05) is 4.47 Å². The van der Waals surface area contributed by atoms with Crippen LogP contribution in [0.2, 0.25) is 0 Å². The third-order valence-electron chi connectivity index (χ3n) is 2.41. The molecule has 1 aromatic rings. The van der Waals surface area contributed by atoms with Crippen LogP contribution in [0.5, 0.6) is 0 Å². The standard InChI is InChI=1S/C12H17BrN.Li/c1-7(2)10-5-9(13)6-11(8(3)4)12(10)14;/h5-8,14H,1-4H3;/q-1;+1. The predicted molar refractivity (Wildman–Crippen MR) is 66.3 cm³/mol. The van der Waals surface area contributed by atoms with Crippen molar-refractivity contribution in [2.24, 2.45) is 0 Å². The van der Waals surface area contributed by atoms with E-state index in [1.165, 1.54) is 0 Å². The van der Waals surface area contributed by atoms with Crippen molar-refractivity contribution in [1.82, 2.24) is 0 Å². The Kier molecular flexibility index (Phi) is 6.03. The summed E-state index contributed by atoms with van der Waals surface area (Å²) >= 11 is 3.50. The van der Waals surface area contributed by atoms with Gasteiger partial charge in [-0.1, -0.05) is 54.8 Å². The minimum absolute atomic E-state index is 0. The molecule has 0 bridgehead atoms. The van der Waals surface area contributed by atoms with Crippen molar-refractivity contribution in [3.05, 3.63) is 33.5 Å². The van der Waals surface area contributed by atoms with Crippen LogP contribution in [-0.4, -0.2) is 0 Å². The zero-order chi connectivity index (χ0) is 10.9. The van der Waals surface area contributed by atoms with E-state index in [-0.39, 0.29) is 18.9 Å². The Labute approximate surface area is 113 Å². The Morgan fingerprint density at radius 2 is 1.33 bits per heavy atom. The van der Waals surface area contributed by atoms with Gasteiger partial charge in [-0.25, -0.2) is 0 Å². The van der Waals surface area contributed by atoms with Gasteiger partial charge in [0.2, 0.25) is 0 Å². The molecule has 0 aliphatic rings. The Balaban J connectivity index is 0.00000196. The summed E-state index contributed by atoms with van der Waals surface area (Å²) in [6.07, 6.45) is 0. The molecule has 0 atom stereocenters. The SMILES string of the molecule is CC(C)c1cc(Br)cc(C(C)C)c1[NH-].[Li+]. The van der Waals surface area contributed by atoms with Gasteiger partial charge < -0.3 is 5.73 Å². The fourth-order valence-electron chi connectivity index (χ4n) is 1.56. The molecule has 0 fully saturated rings. The minimum Gasteiger partial charge on any atom is -0.698 e. The zero-order valence-corrected chi connectivity index (χ0v) is 11.8. The molecule has 0 spiro atoms. The molecule has 0 saturated carbocycles. The fraction of sp³-hybridized carbons (Fsp3) is 0.500. The van der Waals surface area contributed by atoms with Gasteiger partial charge in [-0.2, -0.15) is 0 Å². The van der Waals surface area contributed by atoms with Crippen LogP contribution >= 0.6 is 15.9 Å². The van der Waals surface area contributed by atoms with Crippen LogP contribution in [0, 0.1) is 0 Å². The van der Waals surface area contributed by atoms with E-state index in [2.05, 4.69) is 55.8 Å². The topological polar surface area (TPSA) is 23.8 Å². The van der Waals surface area contributed by atoms with Crippen LogP contribution in [0.25, 0.3) is 5.73 Å². The summed E-state index contributed by atoms with van der Waals surface area (Å²) in [5.74, 6) is 0.829. The quantitative estimate of drug-likeness (QED) is 0.731. The summed E-state index contributed by atoms with van der Waals surface area (Å²) in [4.78, 5) is 0. The van der Waals surface area contributed by atoms with Crippen molar-refractivity contribution in [3.8, 4) is 0 Å². The number of halogens is 1. The largest absolute Gasteiger partial charge is 1.00 e. The van der Waals surface area contributed by atoms with E-state index in [0.29, 0.717) is 17.5 Å². The van der Waals surface area contributed by atoms with Crippen molar-refractivity contribution in [2.45, 2.75) is 39.5 Å². The molecular formula is C12H17BrLiN. The van der Waals surface area contributed by atoms with Crippen molar-refractivity contribution < 1.29 is 18.9 Å². The van der Waals surface area contributed by atoms with Gasteiger partial charge in [0.15, 0.2) is 0 Å². The molecule has 1 nitrogen and oxygen atoms in total. The molecule has 78 valence electrons. The Morgan fingerprint density at radius 1 is 1.00 bits per heavy atom. The van der Waals surface area contributed by atoms with Gasteiger partial charge in [-0.15, -0.1) is 5.69 Å². The second-order valence-electron chi connectivity index (χ2n) is 4.27. The minimum atomic E-state index is 0. The summed E-state index contributed by atoms with van der Waals surface area (Å²) in [5.41, 5.74) is 11.0. The predicted octanol–water partition coefficient (Wildman–Crippen LogP) is 2.38. The van der Waals surface area contributed by atoms with Gasteiger partial charge in [-0.3, -0.25) is 0 Å². The first kappa shape index (κ1) is 15.1. The van der Waals surface area contributed by atoms with Crippen LogP contribution in [0.4, 0.5) is 5.69 Å². The number of rotatable bonds is 2. The van der Waals surface area contributed by atoms with Crippen LogP contribution in [0.15, 0.2) is 16.6 Å². The molecular weight excluding hydrogens is 245 g/mol. The second kappa shape index (κ2) is 5.99. The van der Waals surface area contributed by atoms with Crippen LogP contribution in [0.3, 0.4) is 0 Å². The van der Waals surface area contributed by atoms with Crippen molar-refractivity contribution in [2.75, 3.05) is 0 Å². The summed E-state index contributed by atoms with van der Waals surface area (Å²) < 4.78 is 1.08. The molecule has 0 radical (unpaired) electrons. The zero-order valence-electron chi connectivity index (χ0n) is 10.2. The molecule has 1 N–H and O–H groups in total. The van der Waals surface area contributed by atoms with Crippen molar-refractivity contribution in [1.29, 1.82) is 0 Å². The molecule has 0 saturated heterocycles. The maximum atomic E-state index is 8.08. The van der Waals surface area contributed by atoms with Gasteiger partial charge in [0.25, 0.3) is 0 Å². The Hall–Kier alpha value is 0.0974. The van der Waals surface area contributed by atoms with Gasteiger partial charge >= 0.3 is 18.9 Å². The monoisotopic (exact) mass is 261 g/mol.